The highest BCUT2D eigenvalue weighted by Crippen LogP contribution is 2.15. The largest absolute Gasteiger partial charge is 0.494 e. The maximum atomic E-state index is 12.4. The van der Waals surface area contributed by atoms with Crippen molar-refractivity contribution in [3.63, 3.8) is 0 Å². The maximum Gasteiger partial charge on any atom is 0.251 e. The molecule has 4 nitrogen and oxygen atoms in total. The van der Waals surface area contributed by atoms with Crippen molar-refractivity contribution in [2.75, 3.05) is 32.1 Å². The minimum atomic E-state index is 0.00863. The molecule has 1 aliphatic rings. The van der Waals surface area contributed by atoms with Gasteiger partial charge in [0.05, 0.1) is 6.61 Å². The van der Waals surface area contributed by atoms with E-state index in [1.807, 2.05) is 24.3 Å². The van der Waals surface area contributed by atoms with Gasteiger partial charge < -0.3 is 15.0 Å². The van der Waals surface area contributed by atoms with Gasteiger partial charge in [-0.25, -0.2) is 0 Å². The fourth-order valence-electron chi connectivity index (χ4n) is 2.89. The van der Waals surface area contributed by atoms with Crippen LogP contribution in [0.3, 0.4) is 0 Å². The van der Waals surface area contributed by atoms with E-state index in [4.69, 9.17) is 16.3 Å². The Kier molecular flexibility index (Phi) is 8.40. The Bertz CT molecular complexity index is 485. The van der Waals surface area contributed by atoms with Crippen molar-refractivity contribution < 1.29 is 9.53 Å². The van der Waals surface area contributed by atoms with Crippen molar-refractivity contribution in [3.05, 3.63) is 29.8 Å². The molecule has 1 amide bonds. The molecule has 0 saturated carbocycles. The molecule has 0 aliphatic carbocycles. The molecule has 1 saturated heterocycles. The minimum absolute atomic E-state index is 0.00863. The van der Waals surface area contributed by atoms with Crippen LogP contribution < -0.4 is 10.1 Å². The van der Waals surface area contributed by atoms with E-state index >= 15 is 0 Å². The molecule has 0 radical (unpaired) electrons. The Morgan fingerprint density at radius 3 is 2.58 bits per heavy atom. The van der Waals surface area contributed by atoms with E-state index in [9.17, 15) is 4.79 Å². The van der Waals surface area contributed by atoms with Crippen LogP contribution in [0.2, 0.25) is 0 Å². The summed E-state index contributed by atoms with van der Waals surface area (Å²) < 4.78 is 5.63. The topological polar surface area (TPSA) is 41.6 Å². The smallest absolute Gasteiger partial charge is 0.251 e. The summed E-state index contributed by atoms with van der Waals surface area (Å²) in [6, 6.07) is 7.70. The lowest BCUT2D eigenvalue weighted by Crippen LogP contribution is -2.44. The molecule has 5 heteroatoms. The van der Waals surface area contributed by atoms with Gasteiger partial charge in [-0.2, -0.15) is 0 Å². The first-order valence-corrected chi connectivity index (χ1v) is 9.58. The number of nitrogens with one attached hydrogen (secondary N) is 1. The molecule has 1 aliphatic heterocycles. The Balaban J connectivity index is 1.74. The molecule has 1 heterocycles. The summed E-state index contributed by atoms with van der Waals surface area (Å²) in [6.45, 7) is 5.99. The van der Waals surface area contributed by atoms with Gasteiger partial charge in [-0.05, 0) is 56.5 Å². The van der Waals surface area contributed by atoms with Gasteiger partial charge in [0.1, 0.15) is 5.75 Å². The third kappa shape index (κ3) is 6.33. The fourth-order valence-corrected chi connectivity index (χ4v) is 3.01. The van der Waals surface area contributed by atoms with Crippen molar-refractivity contribution in [1.29, 1.82) is 0 Å². The van der Waals surface area contributed by atoms with Gasteiger partial charge >= 0.3 is 0 Å². The summed E-state index contributed by atoms with van der Waals surface area (Å²) in [4.78, 5) is 14.8. The quantitative estimate of drug-likeness (QED) is 0.544. The maximum absolute atomic E-state index is 12.4. The molecule has 24 heavy (non-hydrogen) atoms. The number of carbonyl (C=O) groups is 1. The fraction of sp³-hybridized carbons (Fsp3) is 0.632. The molecule has 0 aromatic heterocycles. The minimum Gasteiger partial charge on any atom is -0.494 e. The zero-order valence-electron chi connectivity index (χ0n) is 14.6. The number of amides is 1. The second-order valence-corrected chi connectivity index (χ2v) is 6.74. The van der Waals surface area contributed by atoms with E-state index in [1.165, 1.54) is 0 Å². The van der Waals surface area contributed by atoms with Gasteiger partial charge in [0.2, 0.25) is 0 Å². The summed E-state index contributed by atoms with van der Waals surface area (Å²) in [6.07, 6.45) is 5.21. The zero-order valence-corrected chi connectivity index (χ0v) is 15.4. The molecule has 134 valence electrons. The predicted molar refractivity (Wildman–Crippen MR) is 99.1 cm³/mol. The number of unbranched alkanes of at least 4 members (excludes halogenated alkanes) is 1. The van der Waals surface area contributed by atoms with E-state index in [-0.39, 0.29) is 11.9 Å². The average Bonchev–Trinajstić information content (AvgIpc) is 2.62. The monoisotopic (exact) mass is 352 g/mol. The number of hydrogen-bond acceptors (Lipinski definition) is 3. The van der Waals surface area contributed by atoms with E-state index in [1.54, 1.807) is 0 Å². The molecule has 0 atom stereocenters. The highest BCUT2D eigenvalue weighted by atomic mass is 35.5. The molecule has 1 aromatic carbocycles. The first kappa shape index (κ1) is 19.1. The number of rotatable bonds is 9. The second kappa shape index (κ2) is 10.6. The van der Waals surface area contributed by atoms with Crippen LogP contribution in [0.1, 0.15) is 49.4 Å². The van der Waals surface area contributed by atoms with Gasteiger partial charge in [0.15, 0.2) is 0 Å². The van der Waals surface area contributed by atoms with Crippen molar-refractivity contribution in [2.24, 2.45) is 0 Å². The number of alkyl halides is 1. The molecule has 1 aromatic rings. The van der Waals surface area contributed by atoms with Crippen molar-refractivity contribution >= 4 is 17.5 Å². The van der Waals surface area contributed by atoms with Crippen LogP contribution in [-0.4, -0.2) is 49.0 Å². The van der Waals surface area contributed by atoms with Gasteiger partial charge in [-0.15, -0.1) is 11.6 Å². The van der Waals surface area contributed by atoms with Crippen LogP contribution in [0.4, 0.5) is 0 Å². The number of carbonyl (C=O) groups excluding carboxylic acids is 1. The first-order chi connectivity index (χ1) is 11.7. The normalized spacial score (nSPS) is 16.1. The van der Waals surface area contributed by atoms with Crippen LogP contribution in [0.25, 0.3) is 0 Å². The third-order valence-electron chi connectivity index (χ3n) is 4.41. The Hall–Kier alpha value is -1.26. The number of benzene rings is 1. The molecule has 1 fully saturated rings. The molecular weight excluding hydrogens is 324 g/mol. The number of hydrogen-bond donors (Lipinski definition) is 1. The molecule has 1 N–H and O–H groups in total. The number of likely N-dealkylation sites (tertiary alicyclic amines) is 1. The predicted octanol–water partition coefficient (Wildman–Crippen LogP) is 3.69. The van der Waals surface area contributed by atoms with Crippen LogP contribution >= 0.6 is 11.6 Å². The highest BCUT2D eigenvalue weighted by Gasteiger charge is 2.20. The Morgan fingerprint density at radius 2 is 1.96 bits per heavy atom. The molecule has 0 unspecified atom stereocenters. The number of piperidine rings is 1. The number of nitrogens with zero attached hydrogens (tertiary/aromatic N) is 1. The van der Waals surface area contributed by atoms with Crippen LogP contribution in [0.5, 0.6) is 5.75 Å². The lowest BCUT2D eigenvalue weighted by Gasteiger charge is -2.32. The number of halogens is 1. The number of ether oxygens (including phenoxy) is 1. The highest BCUT2D eigenvalue weighted by molar-refractivity contribution is 6.17. The second-order valence-electron chi connectivity index (χ2n) is 6.36. The van der Waals surface area contributed by atoms with Crippen LogP contribution in [-0.2, 0) is 0 Å². The van der Waals surface area contributed by atoms with Crippen LogP contribution in [0, 0.1) is 0 Å². The summed E-state index contributed by atoms with van der Waals surface area (Å²) in [7, 11) is 0. The standard InChI is InChI=1S/C19H29ClN2O2/c1-2-3-15-24-18-7-5-16(6-8-18)19(23)21-17-9-13-22(14-10-17)12-4-11-20/h5-8,17H,2-4,9-15H2,1H3,(H,21,23). The third-order valence-corrected chi connectivity index (χ3v) is 4.68. The van der Waals surface area contributed by atoms with Crippen molar-refractivity contribution in [1.82, 2.24) is 10.2 Å². The Labute approximate surface area is 150 Å². The summed E-state index contributed by atoms with van der Waals surface area (Å²) >= 11 is 5.74. The van der Waals surface area contributed by atoms with E-state index < -0.39 is 0 Å². The average molecular weight is 353 g/mol. The summed E-state index contributed by atoms with van der Waals surface area (Å²) in [5, 5.41) is 3.15. The molecule has 0 spiro atoms. The van der Waals surface area contributed by atoms with Gasteiger partial charge in [-0.1, -0.05) is 13.3 Å². The van der Waals surface area contributed by atoms with Gasteiger partial charge in [0, 0.05) is 30.6 Å². The molecule has 0 bridgehead atoms. The SMILES string of the molecule is CCCCOc1ccc(C(=O)NC2CCN(CCCCl)CC2)cc1. The van der Waals surface area contributed by atoms with E-state index in [2.05, 4.69) is 17.1 Å². The Morgan fingerprint density at radius 1 is 1.25 bits per heavy atom. The van der Waals surface area contributed by atoms with E-state index in [0.717, 1.165) is 70.0 Å². The zero-order chi connectivity index (χ0) is 17.2. The lowest BCUT2D eigenvalue weighted by atomic mass is 10.0. The molecule has 2 rings (SSSR count). The summed E-state index contributed by atoms with van der Waals surface area (Å²) in [5.41, 5.74) is 0.697. The first-order valence-electron chi connectivity index (χ1n) is 9.05. The summed E-state index contributed by atoms with van der Waals surface area (Å²) in [5.74, 6) is 1.55. The van der Waals surface area contributed by atoms with Crippen molar-refractivity contribution in [3.8, 4) is 5.75 Å². The van der Waals surface area contributed by atoms with Crippen LogP contribution in [0.15, 0.2) is 24.3 Å². The van der Waals surface area contributed by atoms with Gasteiger partial charge in [0.25, 0.3) is 5.91 Å². The lowest BCUT2D eigenvalue weighted by molar-refractivity contribution is 0.0911. The van der Waals surface area contributed by atoms with Gasteiger partial charge in [-0.3, -0.25) is 4.79 Å². The van der Waals surface area contributed by atoms with Crippen molar-refractivity contribution in [2.45, 2.75) is 45.1 Å². The molecular formula is C19H29ClN2O2. The van der Waals surface area contributed by atoms with E-state index in [0.29, 0.717) is 5.56 Å².